The van der Waals surface area contributed by atoms with Crippen LogP contribution in [0.25, 0.3) is 34.0 Å². The summed E-state index contributed by atoms with van der Waals surface area (Å²) in [5, 5.41) is 14.3. The second kappa shape index (κ2) is 8.62. The molecule has 2 aliphatic rings. The van der Waals surface area contributed by atoms with Gasteiger partial charge in [0.25, 0.3) is 0 Å². The van der Waals surface area contributed by atoms with Crippen LogP contribution in [0, 0.1) is 32.9 Å². The molecule has 0 amide bonds. The van der Waals surface area contributed by atoms with Crippen molar-refractivity contribution >= 4 is 34.0 Å². The SMILES string of the molecule is Cc1cc(C)[n+]([O-])c2cc3c(cc12)OC(C)(C)C=C3.Cc1cc(C)c2cc3c(cc2n1)C=CC(C)(C)O3. The number of benzene rings is 2. The highest BCUT2D eigenvalue weighted by Crippen LogP contribution is 2.36. The molecule has 0 aliphatic carbocycles. The fourth-order valence-electron chi connectivity index (χ4n) is 4.97. The Morgan fingerprint density at radius 1 is 0.703 bits per heavy atom. The van der Waals surface area contributed by atoms with Crippen LogP contribution in [0.4, 0.5) is 0 Å². The van der Waals surface area contributed by atoms with Crippen LogP contribution in [0.15, 0.2) is 48.6 Å². The Labute approximate surface area is 218 Å². The summed E-state index contributed by atoms with van der Waals surface area (Å²) >= 11 is 0. The second-order valence-electron chi connectivity index (χ2n) is 11.2. The molecule has 0 bridgehead atoms. The van der Waals surface area contributed by atoms with Gasteiger partial charge in [-0.2, -0.15) is 4.73 Å². The summed E-state index contributed by atoms with van der Waals surface area (Å²) in [6.07, 6.45) is 8.25. The Morgan fingerprint density at radius 3 is 1.86 bits per heavy atom. The standard InChI is InChI=1S/C16H17NO2.C16H17NO/c1-10-7-11(2)17(18)14-8-12-5-6-16(3,4)19-15(12)9-13(10)14;1-10-7-11(2)17-14-8-12-5-6-16(3,4)18-15(12)9-13(10)14/h5-9H,1-4H3;5-9H,1-4H3. The van der Waals surface area contributed by atoms with Crippen LogP contribution < -0.4 is 14.2 Å². The zero-order chi connectivity index (χ0) is 26.7. The van der Waals surface area contributed by atoms with Gasteiger partial charge in [-0.05, 0) is 96.0 Å². The van der Waals surface area contributed by atoms with Gasteiger partial charge in [-0.1, -0.05) is 12.2 Å². The molecule has 5 heteroatoms. The van der Waals surface area contributed by atoms with Crippen molar-refractivity contribution in [1.82, 2.24) is 4.98 Å². The first kappa shape index (κ1) is 24.8. The summed E-state index contributed by atoms with van der Waals surface area (Å²) in [5.41, 5.74) is 7.39. The van der Waals surface area contributed by atoms with Crippen molar-refractivity contribution in [2.75, 3.05) is 0 Å². The quantitative estimate of drug-likeness (QED) is 0.190. The van der Waals surface area contributed by atoms with E-state index in [4.69, 9.17) is 9.47 Å². The highest BCUT2D eigenvalue weighted by molar-refractivity contribution is 5.87. The Bertz CT molecular complexity index is 1630. The van der Waals surface area contributed by atoms with Crippen LogP contribution in [0.3, 0.4) is 0 Å². The molecule has 6 rings (SSSR count). The number of rotatable bonds is 0. The van der Waals surface area contributed by atoms with E-state index in [1.807, 2.05) is 65.0 Å². The van der Waals surface area contributed by atoms with Crippen LogP contribution in [0.1, 0.15) is 61.3 Å². The average molecular weight is 495 g/mol. The highest BCUT2D eigenvalue weighted by Gasteiger charge is 2.24. The number of aromatic nitrogens is 2. The number of fused-ring (bicyclic) bond motifs is 4. The molecule has 2 aromatic heterocycles. The minimum Gasteiger partial charge on any atom is -0.618 e. The number of hydrogen-bond acceptors (Lipinski definition) is 4. The molecule has 0 unspecified atom stereocenters. The first-order chi connectivity index (χ1) is 17.3. The zero-order valence-electron chi connectivity index (χ0n) is 22.9. The molecule has 2 aliphatic heterocycles. The third-order valence-electron chi connectivity index (χ3n) is 6.87. The van der Waals surface area contributed by atoms with E-state index in [1.54, 1.807) is 0 Å². The van der Waals surface area contributed by atoms with Crippen molar-refractivity contribution in [3.05, 3.63) is 87.4 Å². The summed E-state index contributed by atoms with van der Waals surface area (Å²) in [6, 6.07) is 12.1. The van der Waals surface area contributed by atoms with Gasteiger partial charge in [0.15, 0.2) is 5.69 Å². The number of hydrogen-bond donors (Lipinski definition) is 0. The summed E-state index contributed by atoms with van der Waals surface area (Å²) in [6.45, 7) is 16.2. The van der Waals surface area contributed by atoms with E-state index in [0.29, 0.717) is 11.2 Å². The monoisotopic (exact) mass is 494 g/mol. The number of nitrogens with zero attached hydrogens (tertiary/aromatic N) is 2. The third kappa shape index (κ3) is 4.78. The van der Waals surface area contributed by atoms with Gasteiger partial charge in [-0.15, -0.1) is 0 Å². The summed E-state index contributed by atoms with van der Waals surface area (Å²) < 4.78 is 12.9. The van der Waals surface area contributed by atoms with Crippen molar-refractivity contribution in [2.45, 2.75) is 66.6 Å². The Kier molecular flexibility index (Phi) is 5.78. The maximum Gasteiger partial charge on any atom is 0.225 e. The number of pyridine rings is 2. The molecule has 2 aromatic carbocycles. The molecule has 4 heterocycles. The molecule has 0 spiro atoms. The maximum atomic E-state index is 12.1. The van der Waals surface area contributed by atoms with E-state index in [-0.39, 0.29) is 11.2 Å². The molecule has 0 saturated heterocycles. The van der Waals surface area contributed by atoms with Gasteiger partial charge in [0.1, 0.15) is 22.7 Å². The topological polar surface area (TPSA) is 58.3 Å². The highest BCUT2D eigenvalue weighted by atomic mass is 16.5. The lowest BCUT2D eigenvalue weighted by atomic mass is 9.99. The predicted octanol–water partition coefficient (Wildman–Crippen LogP) is 7.31. The molecule has 0 radical (unpaired) electrons. The van der Waals surface area contributed by atoms with Crippen LogP contribution in [-0.2, 0) is 0 Å². The van der Waals surface area contributed by atoms with Gasteiger partial charge in [0.05, 0.1) is 10.9 Å². The Morgan fingerprint density at radius 2 is 1.24 bits per heavy atom. The molecule has 0 atom stereocenters. The maximum absolute atomic E-state index is 12.1. The number of aryl methyl sites for hydroxylation is 4. The largest absolute Gasteiger partial charge is 0.618 e. The molecular formula is C32H34N2O3. The van der Waals surface area contributed by atoms with Gasteiger partial charge >= 0.3 is 0 Å². The fourth-order valence-corrected chi connectivity index (χ4v) is 4.97. The van der Waals surface area contributed by atoms with E-state index < -0.39 is 0 Å². The summed E-state index contributed by atoms with van der Waals surface area (Å²) in [7, 11) is 0. The smallest absolute Gasteiger partial charge is 0.225 e. The van der Waals surface area contributed by atoms with Gasteiger partial charge in [-0.25, -0.2) is 0 Å². The van der Waals surface area contributed by atoms with E-state index in [9.17, 15) is 5.21 Å². The Balaban J connectivity index is 0.000000152. The minimum absolute atomic E-state index is 0.229. The predicted molar refractivity (Wildman–Crippen MR) is 151 cm³/mol. The first-order valence-corrected chi connectivity index (χ1v) is 12.7. The van der Waals surface area contributed by atoms with Crippen molar-refractivity contribution in [3.63, 3.8) is 0 Å². The molecule has 5 nitrogen and oxygen atoms in total. The van der Waals surface area contributed by atoms with Gasteiger partial charge in [0, 0.05) is 41.3 Å². The van der Waals surface area contributed by atoms with Crippen molar-refractivity contribution in [1.29, 1.82) is 0 Å². The van der Waals surface area contributed by atoms with Crippen LogP contribution in [-0.4, -0.2) is 16.2 Å². The molecule has 0 saturated carbocycles. The van der Waals surface area contributed by atoms with E-state index in [0.717, 1.165) is 49.5 Å². The lowest BCUT2D eigenvalue weighted by molar-refractivity contribution is -0.584. The first-order valence-electron chi connectivity index (χ1n) is 12.7. The number of ether oxygens (including phenoxy) is 2. The zero-order valence-corrected chi connectivity index (χ0v) is 22.9. The molecule has 190 valence electrons. The van der Waals surface area contributed by atoms with Gasteiger partial charge in [0.2, 0.25) is 5.52 Å². The van der Waals surface area contributed by atoms with E-state index in [1.165, 1.54) is 10.9 Å². The lowest BCUT2D eigenvalue weighted by Gasteiger charge is -2.28. The van der Waals surface area contributed by atoms with E-state index >= 15 is 0 Å². The van der Waals surface area contributed by atoms with Crippen LogP contribution >= 0.6 is 0 Å². The second-order valence-corrected chi connectivity index (χ2v) is 11.2. The van der Waals surface area contributed by atoms with Crippen molar-refractivity contribution in [3.8, 4) is 11.5 Å². The van der Waals surface area contributed by atoms with E-state index in [2.05, 4.69) is 56.1 Å². The molecule has 0 fully saturated rings. The normalized spacial score (nSPS) is 16.3. The van der Waals surface area contributed by atoms with Crippen LogP contribution in [0.2, 0.25) is 0 Å². The minimum atomic E-state index is -0.299. The summed E-state index contributed by atoms with van der Waals surface area (Å²) in [4.78, 5) is 4.59. The third-order valence-corrected chi connectivity index (χ3v) is 6.87. The van der Waals surface area contributed by atoms with Gasteiger partial charge < -0.3 is 14.7 Å². The molecule has 37 heavy (non-hydrogen) atoms. The molecule has 0 N–H and O–H groups in total. The van der Waals surface area contributed by atoms with Crippen LogP contribution in [0.5, 0.6) is 11.5 Å². The molecular weight excluding hydrogens is 460 g/mol. The van der Waals surface area contributed by atoms with Gasteiger partial charge in [-0.3, -0.25) is 4.98 Å². The molecule has 4 aromatic rings. The summed E-state index contributed by atoms with van der Waals surface area (Å²) in [5.74, 6) is 1.79. The van der Waals surface area contributed by atoms with Crippen molar-refractivity contribution in [2.24, 2.45) is 0 Å². The Hall–Kier alpha value is -3.86. The lowest BCUT2D eigenvalue weighted by Crippen LogP contribution is -2.32. The average Bonchev–Trinajstić information content (AvgIpc) is 2.80. The fraction of sp³-hybridized carbons (Fsp3) is 0.312. The van der Waals surface area contributed by atoms with Crippen molar-refractivity contribution < 1.29 is 14.2 Å².